The third-order valence-corrected chi connectivity index (χ3v) is 4.28. The first kappa shape index (κ1) is 22.6. The van der Waals surface area contributed by atoms with Gasteiger partial charge in [0.25, 0.3) is 5.91 Å². The molecule has 1 amide bonds. The van der Waals surface area contributed by atoms with Crippen LogP contribution in [0.25, 0.3) is 0 Å². The average Bonchev–Trinajstić information content (AvgIpc) is 2.68. The number of rotatable bonds is 9. The molecule has 154 valence electrons. The van der Waals surface area contributed by atoms with Crippen LogP contribution < -0.4 is 25.5 Å². The number of nitrogens with one attached hydrogen (secondary N) is 3. The minimum atomic E-state index is -0.266. The van der Waals surface area contributed by atoms with Crippen molar-refractivity contribution in [1.29, 1.82) is 0 Å². The van der Waals surface area contributed by atoms with E-state index in [-0.39, 0.29) is 12.5 Å². The second-order valence-electron chi connectivity index (χ2n) is 5.70. The molecule has 0 spiro atoms. The van der Waals surface area contributed by atoms with Crippen molar-refractivity contribution in [2.45, 2.75) is 13.8 Å². The summed E-state index contributed by atoms with van der Waals surface area (Å²) in [6.07, 6.45) is 1.61. The van der Waals surface area contributed by atoms with Crippen LogP contribution in [0.1, 0.15) is 19.4 Å². The maximum atomic E-state index is 12.2. The Hall–Kier alpha value is -2.65. The maximum Gasteiger partial charge on any atom is 0.262 e. The van der Waals surface area contributed by atoms with Gasteiger partial charge in [0.15, 0.2) is 23.2 Å². The molecule has 0 aliphatic carbocycles. The van der Waals surface area contributed by atoms with Crippen LogP contribution in [-0.2, 0) is 4.79 Å². The molecule has 7 nitrogen and oxygen atoms in total. The lowest BCUT2D eigenvalue weighted by Crippen LogP contribution is -2.31. The van der Waals surface area contributed by atoms with E-state index in [0.29, 0.717) is 39.9 Å². The van der Waals surface area contributed by atoms with E-state index < -0.39 is 0 Å². The largest absolute Gasteiger partial charge is 0.490 e. The quantitative estimate of drug-likeness (QED) is 0.289. The van der Waals surface area contributed by atoms with E-state index in [9.17, 15) is 4.79 Å². The molecule has 0 saturated carbocycles. The molecule has 2 aromatic rings. The highest BCUT2D eigenvalue weighted by molar-refractivity contribution is 9.10. The number of ether oxygens (including phenoxy) is 2. The molecule has 0 atom stereocenters. The lowest BCUT2D eigenvalue weighted by Gasteiger charge is -2.14. The molecular formula is C20H23BrN4O3S. The number of nitrogens with zero attached hydrogens (tertiary/aromatic N) is 1. The molecule has 0 aliphatic heterocycles. The zero-order valence-electron chi connectivity index (χ0n) is 16.2. The average molecular weight is 479 g/mol. The number of thiocarbonyl (C=S) groups is 1. The van der Waals surface area contributed by atoms with E-state index in [0.717, 1.165) is 5.56 Å². The molecule has 2 rings (SSSR count). The predicted molar refractivity (Wildman–Crippen MR) is 123 cm³/mol. The highest BCUT2D eigenvalue weighted by Gasteiger charge is 2.14. The summed E-state index contributed by atoms with van der Waals surface area (Å²) in [5.41, 5.74) is 4.21. The molecule has 0 heterocycles. The molecule has 0 aliphatic rings. The number of benzene rings is 2. The first-order chi connectivity index (χ1) is 14.0. The summed E-state index contributed by atoms with van der Waals surface area (Å²) >= 11 is 8.53. The Bertz CT molecular complexity index is 862. The highest BCUT2D eigenvalue weighted by Crippen LogP contribution is 2.36. The van der Waals surface area contributed by atoms with Crippen LogP contribution in [0.3, 0.4) is 0 Å². The Morgan fingerprint density at radius 3 is 2.66 bits per heavy atom. The molecule has 29 heavy (non-hydrogen) atoms. The maximum absolute atomic E-state index is 12.2. The molecule has 2 aromatic carbocycles. The van der Waals surface area contributed by atoms with Gasteiger partial charge >= 0.3 is 0 Å². The van der Waals surface area contributed by atoms with E-state index in [1.54, 1.807) is 12.3 Å². The van der Waals surface area contributed by atoms with Crippen molar-refractivity contribution in [2.24, 2.45) is 5.10 Å². The number of para-hydroxylation sites is 1. The number of amides is 1. The second kappa shape index (κ2) is 12.0. The molecule has 0 bridgehead atoms. The summed E-state index contributed by atoms with van der Waals surface area (Å²) in [6, 6.07) is 12.8. The fraction of sp³-hybridized carbons (Fsp3) is 0.250. The topological polar surface area (TPSA) is 84.0 Å². The van der Waals surface area contributed by atoms with Crippen molar-refractivity contribution in [3.8, 4) is 11.5 Å². The van der Waals surface area contributed by atoms with E-state index >= 15 is 0 Å². The van der Waals surface area contributed by atoms with Crippen molar-refractivity contribution in [1.82, 2.24) is 10.7 Å². The van der Waals surface area contributed by atoms with Crippen LogP contribution in [0.15, 0.2) is 52.0 Å². The molecule has 0 unspecified atom stereocenters. The summed E-state index contributed by atoms with van der Waals surface area (Å²) in [7, 11) is 0. The Morgan fingerprint density at radius 1 is 1.21 bits per heavy atom. The van der Waals surface area contributed by atoms with Gasteiger partial charge in [-0.05, 0) is 71.8 Å². The van der Waals surface area contributed by atoms with Crippen molar-refractivity contribution >= 4 is 51.1 Å². The van der Waals surface area contributed by atoms with Gasteiger partial charge in [-0.15, -0.1) is 0 Å². The fourth-order valence-electron chi connectivity index (χ4n) is 2.29. The van der Waals surface area contributed by atoms with Gasteiger partial charge in [0.05, 0.1) is 17.3 Å². The summed E-state index contributed by atoms with van der Waals surface area (Å²) in [6.45, 7) is 4.83. The Morgan fingerprint density at radius 2 is 1.97 bits per heavy atom. The summed E-state index contributed by atoms with van der Waals surface area (Å²) in [4.78, 5) is 12.2. The number of hydrogen-bond donors (Lipinski definition) is 3. The van der Waals surface area contributed by atoms with Gasteiger partial charge in [0.2, 0.25) is 0 Å². The smallest absolute Gasteiger partial charge is 0.262 e. The van der Waals surface area contributed by atoms with Gasteiger partial charge in [-0.1, -0.05) is 18.2 Å². The highest BCUT2D eigenvalue weighted by atomic mass is 79.9. The van der Waals surface area contributed by atoms with E-state index in [2.05, 4.69) is 37.1 Å². The van der Waals surface area contributed by atoms with Crippen molar-refractivity contribution in [3.05, 3.63) is 52.5 Å². The first-order valence-electron chi connectivity index (χ1n) is 9.04. The normalized spacial score (nSPS) is 10.4. The molecule has 9 heteroatoms. The molecule has 3 N–H and O–H groups in total. The van der Waals surface area contributed by atoms with Gasteiger partial charge in [0.1, 0.15) is 0 Å². The number of carbonyl (C=O) groups excluding carboxylic acids is 1. The standard InChI is InChI=1S/C20H23BrN4O3S/c1-3-22-20(29)25-23-12-14-10-16(21)19(17(11-14)27-4-2)28-13-18(26)24-15-8-6-5-7-9-15/h5-12H,3-4,13H2,1-2H3,(H,24,26)(H2,22,25,29)/b23-12-. The van der Waals surface area contributed by atoms with Crippen molar-refractivity contribution in [2.75, 3.05) is 25.1 Å². The molecular weight excluding hydrogens is 456 g/mol. The first-order valence-corrected chi connectivity index (χ1v) is 10.2. The van der Waals surface area contributed by atoms with Gasteiger partial charge < -0.3 is 20.1 Å². The zero-order chi connectivity index (χ0) is 21.1. The number of halogens is 1. The fourth-order valence-corrected chi connectivity index (χ4v) is 3.06. The van der Waals surface area contributed by atoms with Crippen LogP contribution in [0.5, 0.6) is 11.5 Å². The van der Waals surface area contributed by atoms with Crippen LogP contribution >= 0.6 is 28.1 Å². The minimum Gasteiger partial charge on any atom is -0.490 e. The van der Waals surface area contributed by atoms with Crippen LogP contribution in [0.2, 0.25) is 0 Å². The van der Waals surface area contributed by atoms with E-state index in [1.165, 1.54) is 0 Å². The molecule has 0 fully saturated rings. The number of hydrogen-bond acceptors (Lipinski definition) is 5. The second-order valence-corrected chi connectivity index (χ2v) is 6.96. The lowest BCUT2D eigenvalue weighted by atomic mass is 10.2. The van der Waals surface area contributed by atoms with Gasteiger partial charge in [0, 0.05) is 12.2 Å². The van der Waals surface area contributed by atoms with Crippen LogP contribution in [-0.4, -0.2) is 37.0 Å². The summed E-state index contributed by atoms with van der Waals surface area (Å²) in [5, 5.41) is 10.3. The van der Waals surface area contributed by atoms with Gasteiger partial charge in [-0.25, -0.2) is 0 Å². The summed E-state index contributed by atoms with van der Waals surface area (Å²) < 4.78 is 12.0. The van der Waals surface area contributed by atoms with Crippen molar-refractivity contribution < 1.29 is 14.3 Å². The van der Waals surface area contributed by atoms with E-state index in [1.807, 2.05) is 50.2 Å². The Labute approximate surface area is 184 Å². The SMILES string of the molecule is CCNC(=S)N/N=C\c1cc(Br)c(OCC(=O)Nc2ccccc2)c(OCC)c1. The summed E-state index contributed by atoms with van der Waals surface area (Å²) in [5.74, 6) is 0.686. The number of hydrazone groups is 1. The monoisotopic (exact) mass is 478 g/mol. The molecule has 0 aromatic heterocycles. The number of anilines is 1. The van der Waals surface area contributed by atoms with E-state index in [4.69, 9.17) is 21.7 Å². The van der Waals surface area contributed by atoms with Crippen LogP contribution in [0, 0.1) is 0 Å². The van der Waals surface area contributed by atoms with Gasteiger partial charge in [-0.3, -0.25) is 10.2 Å². The molecule has 0 radical (unpaired) electrons. The predicted octanol–water partition coefficient (Wildman–Crippen LogP) is 3.68. The lowest BCUT2D eigenvalue weighted by molar-refractivity contribution is -0.118. The Balaban J connectivity index is 2.05. The molecule has 0 saturated heterocycles. The van der Waals surface area contributed by atoms with Gasteiger partial charge in [-0.2, -0.15) is 5.10 Å². The third kappa shape index (κ3) is 7.71. The minimum absolute atomic E-state index is 0.153. The van der Waals surface area contributed by atoms with Crippen LogP contribution in [0.4, 0.5) is 5.69 Å². The third-order valence-electron chi connectivity index (χ3n) is 3.45. The zero-order valence-corrected chi connectivity index (χ0v) is 18.6. The number of carbonyl (C=O) groups is 1. The van der Waals surface area contributed by atoms with Crippen molar-refractivity contribution in [3.63, 3.8) is 0 Å². The Kier molecular flexibility index (Phi) is 9.39.